The van der Waals surface area contributed by atoms with Crippen LogP contribution in [0.2, 0.25) is 0 Å². The van der Waals surface area contributed by atoms with Crippen LogP contribution in [0.4, 0.5) is 10.7 Å². The third-order valence-electron chi connectivity index (χ3n) is 6.99. The Bertz CT molecular complexity index is 1240. The van der Waals surface area contributed by atoms with Crippen molar-refractivity contribution in [2.45, 2.75) is 117 Å². The van der Waals surface area contributed by atoms with Crippen LogP contribution in [-0.2, 0) is 30.5 Å². The zero-order chi connectivity index (χ0) is 30.4. The number of ether oxygens (including phenoxy) is 1. The van der Waals surface area contributed by atoms with Gasteiger partial charge in [-0.1, -0.05) is 62.8 Å². The molecule has 10 nitrogen and oxygen atoms in total. The first-order valence-electron chi connectivity index (χ1n) is 15.5. The van der Waals surface area contributed by atoms with E-state index in [1.165, 1.54) is 48.7 Å². The largest absolute Gasteiger partial charge is 0.443 e. The second-order valence-electron chi connectivity index (χ2n) is 11.9. The van der Waals surface area contributed by atoms with E-state index in [0.717, 1.165) is 49.9 Å². The molecule has 0 unspecified atom stereocenters. The summed E-state index contributed by atoms with van der Waals surface area (Å²) in [6.07, 6.45) is 16.3. The first-order valence-corrected chi connectivity index (χ1v) is 15.5. The summed E-state index contributed by atoms with van der Waals surface area (Å²) in [5.74, 6) is 0.0721. The summed E-state index contributed by atoms with van der Waals surface area (Å²) in [6, 6.07) is 7.96. The van der Waals surface area contributed by atoms with Gasteiger partial charge in [0.1, 0.15) is 5.60 Å². The highest BCUT2D eigenvalue weighted by Gasteiger charge is 2.20. The number of carbonyl (C=O) groups is 2. The molecule has 0 aliphatic rings. The van der Waals surface area contributed by atoms with Gasteiger partial charge in [0.2, 0.25) is 5.95 Å². The van der Waals surface area contributed by atoms with Crippen molar-refractivity contribution in [3.63, 3.8) is 0 Å². The van der Waals surface area contributed by atoms with E-state index < -0.39 is 11.7 Å². The van der Waals surface area contributed by atoms with Crippen LogP contribution in [0.3, 0.4) is 0 Å². The molecule has 0 atom stereocenters. The number of carbonyl (C=O) groups excluding carboxylic acids is 2. The van der Waals surface area contributed by atoms with Crippen molar-refractivity contribution in [3.8, 4) is 0 Å². The van der Waals surface area contributed by atoms with Crippen molar-refractivity contribution in [1.29, 1.82) is 0 Å². The van der Waals surface area contributed by atoms with E-state index in [1.807, 2.05) is 39.1 Å². The summed E-state index contributed by atoms with van der Waals surface area (Å²) in [4.78, 5) is 29.1. The number of imidazole rings is 1. The number of nitrogens with one attached hydrogen (secondary N) is 1. The second-order valence-corrected chi connectivity index (χ2v) is 11.9. The van der Waals surface area contributed by atoms with Gasteiger partial charge in [0.25, 0.3) is 5.91 Å². The number of hydrogen-bond donors (Lipinski definition) is 2. The lowest BCUT2D eigenvalue weighted by molar-refractivity contribution is 0.0540. The maximum absolute atomic E-state index is 12.5. The lowest BCUT2D eigenvalue weighted by atomic mass is 10.0. The minimum Gasteiger partial charge on any atom is -0.443 e. The summed E-state index contributed by atoms with van der Waals surface area (Å²) in [6.45, 7) is 8.73. The highest BCUT2D eigenvalue weighted by atomic mass is 16.6. The van der Waals surface area contributed by atoms with E-state index in [9.17, 15) is 9.59 Å². The van der Waals surface area contributed by atoms with Gasteiger partial charge in [-0.05, 0) is 77.0 Å². The number of benzene rings is 1. The number of hydrogen-bond acceptors (Lipinski definition) is 7. The maximum atomic E-state index is 12.5. The van der Waals surface area contributed by atoms with Crippen LogP contribution in [0, 0.1) is 0 Å². The summed E-state index contributed by atoms with van der Waals surface area (Å²) in [7, 11) is 0. The summed E-state index contributed by atoms with van der Waals surface area (Å²) in [5, 5.41) is 11.4. The number of nitrogen functional groups attached to an aromatic ring is 1. The molecule has 3 rings (SSSR count). The molecule has 2 heterocycles. The number of aryl methyl sites for hydroxylation is 3. The van der Waals surface area contributed by atoms with Crippen LogP contribution in [0.25, 0.3) is 0 Å². The first kappa shape index (κ1) is 32.8. The number of rotatable bonds is 17. The highest BCUT2D eigenvalue weighted by molar-refractivity contribution is 5.94. The monoisotopic (exact) mass is 579 g/mol. The van der Waals surface area contributed by atoms with E-state index in [1.54, 1.807) is 10.9 Å². The van der Waals surface area contributed by atoms with Crippen LogP contribution < -0.4 is 11.1 Å². The van der Waals surface area contributed by atoms with Gasteiger partial charge in [0.15, 0.2) is 0 Å². The summed E-state index contributed by atoms with van der Waals surface area (Å²) < 4.78 is 8.39. The predicted molar refractivity (Wildman–Crippen MR) is 165 cm³/mol. The van der Waals surface area contributed by atoms with Crippen molar-refractivity contribution < 1.29 is 14.3 Å². The molecule has 230 valence electrons. The lowest BCUT2D eigenvalue weighted by Gasteiger charge is -2.19. The van der Waals surface area contributed by atoms with Crippen LogP contribution in [0.1, 0.15) is 113 Å². The molecule has 0 saturated carbocycles. The Morgan fingerprint density at radius 1 is 0.881 bits per heavy atom. The van der Waals surface area contributed by atoms with Gasteiger partial charge in [-0.15, -0.1) is 5.10 Å². The van der Waals surface area contributed by atoms with Crippen molar-refractivity contribution in [1.82, 2.24) is 29.9 Å². The third kappa shape index (κ3) is 11.7. The van der Waals surface area contributed by atoms with Crippen LogP contribution >= 0.6 is 0 Å². The van der Waals surface area contributed by atoms with E-state index in [4.69, 9.17) is 10.5 Å². The maximum Gasteiger partial charge on any atom is 0.421 e. The third-order valence-corrected chi connectivity index (χ3v) is 6.99. The van der Waals surface area contributed by atoms with Crippen LogP contribution in [0.15, 0.2) is 36.7 Å². The molecule has 1 amide bonds. The molecule has 3 N–H and O–H groups in total. The summed E-state index contributed by atoms with van der Waals surface area (Å²) >= 11 is 0. The van der Waals surface area contributed by atoms with E-state index in [2.05, 4.69) is 39.7 Å². The Labute approximate surface area is 250 Å². The second kappa shape index (κ2) is 16.7. The molecule has 0 spiro atoms. The van der Waals surface area contributed by atoms with Gasteiger partial charge >= 0.3 is 6.09 Å². The van der Waals surface area contributed by atoms with E-state index in [0.29, 0.717) is 18.7 Å². The van der Waals surface area contributed by atoms with Gasteiger partial charge in [-0.2, -0.15) is 0 Å². The molecule has 2 aromatic heterocycles. The number of anilines is 1. The van der Waals surface area contributed by atoms with Crippen molar-refractivity contribution in [3.05, 3.63) is 59.2 Å². The molecule has 0 aliphatic heterocycles. The SMILES string of the molecule is CCCCCCCCc1ccc(C(=O)NCCn2cc(CCCCCc3cn(C(=O)OC(C)(C)C)c(N)n3)nn2)cc1. The van der Waals surface area contributed by atoms with Crippen molar-refractivity contribution in [2.24, 2.45) is 0 Å². The zero-order valence-corrected chi connectivity index (χ0v) is 25.9. The predicted octanol–water partition coefficient (Wildman–Crippen LogP) is 6.13. The molecule has 42 heavy (non-hydrogen) atoms. The number of nitrogens with zero attached hydrogens (tertiary/aromatic N) is 5. The molecule has 0 radical (unpaired) electrons. The molecule has 0 fully saturated rings. The standard InChI is InChI=1S/C32H49N7O3/c1-5-6-7-8-9-11-14-25-17-19-26(20-18-25)29(40)34-21-22-38-23-28(36-37-38)16-13-10-12-15-27-24-39(30(33)35-27)31(41)42-32(2,3)4/h17-20,23-24H,5-16,21-22H2,1-4H3,(H2,33,35)(H,34,40). The Morgan fingerprint density at radius 2 is 1.52 bits per heavy atom. The van der Waals surface area contributed by atoms with Gasteiger partial charge < -0.3 is 15.8 Å². The van der Waals surface area contributed by atoms with E-state index >= 15 is 0 Å². The number of aromatic nitrogens is 5. The highest BCUT2D eigenvalue weighted by Crippen LogP contribution is 2.15. The fourth-order valence-electron chi connectivity index (χ4n) is 4.69. The smallest absolute Gasteiger partial charge is 0.421 e. The van der Waals surface area contributed by atoms with Gasteiger partial charge in [-0.25, -0.2) is 14.3 Å². The minimum absolute atomic E-state index is 0.0702. The molecule has 3 aromatic rings. The quantitative estimate of drug-likeness (QED) is 0.184. The van der Waals surface area contributed by atoms with Crippen molar-refractivity contribution >= 4 is 17.9 Å². The Hall–Kier alpha value is -3.69. The number of nitrogens with two attached hydrogens (primary N) is 1. The zero-order valence-electron chi connectivity index (χ0n) is 25.9. The lowest BCUT2D eigenvalue weighted by Crippen LogP contribution is -2.27. The first-order chi connectivity index (χ1) is 20.1. The minimum atomic E-state index is -0.594. The Kier molecular flexibility index (Phi) is 13.0. The fourth-order valence-corrected chi connectivity index (χ4v) is 4.69. The summed E-state index contributed by atoms with van der Waals surface area (Å²) in [5.41, 5.74) is 8.97. The number of amides is 1. The van der Waals surface area contributed by atoms with E-state index in [-0.39, 0.29) is 11.9 Å². The fraction of sp³-hybridized carbons (Fsp3) is 0.594. The van der Waals surface area contributed by atoms with Gasteiger partial charge in [0, 0.05) is 24.5 Å². The van der Waals surface area contributed by atoms with Crippen LogP contribution in [0.5, 0.6) is 0 Å². The Morgan fingerprint density at radius 3 is 2.24 bits per heavy atom. The average Bonchev–Trinajstić information content (AvgIpc) is 3.55. The average molecular weight is 580 g/mol. The van der Waals surface area contributed by atoms with Gasteiger partial charge in [-0.3, -0.25) is 9.48 Å². The topological polar surface area (TPSA) is 130 Å². The Balaban J connectivity index is 1.29. The molecule has 1 aromatic carbocycles. The molecular formula is C32H49N7O3. The van der Waals surface area contributed by atoms with Gasteiger partial charge in [0.05, 0.1) is 17.9 Å². The molecule has 0 aliphatic carbocycles. The van der Waals surface area contributed by atoms with Crippen molar-refractivity contribution in [2.75, 3.05) is 12.3 Å². The normalized spacial score (nSPS) is 11.5. The van der Waals surface area contributed by atoms with Crippen LogP contribution in [-0.4, -0.2) is 48.7 Å². The number of unbranched alkanes of at least 4 members (excludes halogenated alkanes) is 7. The molecular weight excluding hydrogens is 530 g/mol. The molecule has 10 heteroatoms. The molecule has 0 bridgehead atoms. The molecule has 0 saturated heterocycles.